The molecule has 21 heavy (non-hydrogen) atoms. The first kappa shape index (κ1) is 16.2. The molecule has 0 bridgehead atoms. The van der Waals surface area contributed by atoms with Crippen molar-refractivity contribution in [2.24, 2.45) is 0 Å². The van der Waals surface area contributed by atoms with Crippen LogP contribution in [-0.2, 0) is 19.5 Å². The predicted octanol–water partition coefficient (Wildman–Crippen LogP) is 5.18. The minimum absolute atomic E-state index is 0. The van der Waals surface area contributed by atoms with E-state index in [-0.39, 0.29) is 19.5 Å². The molecule has 7 heteroatoms. The molecule has 4 rings (SSSR count). The van der Waals surface area contributed by atoms with Crippen molar-refractivity contribution in [1.82, 2.24) is 15.0 Å². The van der Waals surface area contributed by atoms with E-state index in [1.165, 1.54) is 4.70 Å². The van der Waals surface area contributed by atoms with Crippen LogP contribution in [0.15, 0.2) is 48.5 Å². The monoisotopic (exact) mass is 381 g/mol. The van der Waals surface area contributed by atoms with Crippen molar-refractivity contribution in [2.75, 3.05) is 0 Å². The maximum atomic E-state index is 4.98. The normalized spacial score (nSPS) is 9.90. The zero-order valence-corrected chi connectivity index (χ0v) is 16.5. The fourth-order valence-electron chi connectivity index (χ4n) is 1.87. The number of hydrogen-bond acceptors (Lipinski definition) is 3. The van der Waals surface area contributed by atoms with E-state index < -0.39 is 0 Å². The molecule has 0 saturated heterocycles. The van der Waals surface area contributed by atoms with Crippen LogP contribution in [0.1, 0.15) is 0 Å². The summed E-state index contributed by atoms with van der Waals surface area (Å²) in [4.78, 5) is 9.13. The SMILES string of the molecule is S=c1[nH]c2ccccc2[nH]1.S=c1[nH]c2ccccc2s1.[Zn]. The Morgan fingerprint density at radius 3 is 1.81 bits per heavy atom. The van der Waals surface area contributed by atoms with Gasteiger partial charge in [-0.3, -0.25) is 0 Å². The first-order chi connectivity index (χ1) is 9.72. The Morgan fingerprint density at radius 2 is 1.24 bits per heavy atom. The van der Waals surface area contributed by atoms with Crippen LogP contribution in [0.2, 0.25) is 0 Å². The summed E-state index contributed by atoms with van der Waals surface area (Å²) >= 11 is 11.5. The third-order valence-corrected chi connectivity index (χ3v) is 4.17. The number of aromatic nitrogens is 3. The van der Waals surface area contributed by atoms with Crippen LogP contribution in [0, 0.1) is 8.73 Å². The van der Waals surface area contributed by atoms with Gasteiger partial charge in [-0.25, -0.2) is 0 Å². The molecule has 0 atom stereocenters. The van der Waals surface area contributed by atoms with Crippen LogP contribution in [0.3, 0.4) is 0 Å². The number of H-pyrrole nitrogens is 3. The molecule has 0 saturated carbocycles. The number of imidazole rings is 1. The van der Waals surface area contributed by atoms with Crippen molar-refractivity contribution in [3.05, 3.63) is 57.3 Å². The van der Waals surface area contributed by atoms with Crippen molar-refractivity contribution in [3.63, 3.8) is 0 Å². The van der Waals surface area contributed by atoms with E-state index in [2.05, 4.69) is 21.0 Å². The number of nitrogens with one attached hydrogen (secondary N) is 3. The van der Waals surface area contributed by atoms with Crippen molar-refractivity contribution in [2.45, 2.75) is 0 Å². The van der Waals surface area contributed by atoms with E-state index >= 15 is 0 Å². The van der Waals surface area contributed by atoms with Crippen molar-refractivity contribution < 1.29 is 19.5 Å². The van der Waals surface area contributed by atoms with E-state index in [4.69, 9.17) is 24.4 Å². The van der Waals surface area contributed by atoms with E-state index in [0.717, 1.165) is 20.5 Å². The average Bonchev–Trinajstić information content (AvgIpc) is 2.99. The third-order valence-electron chi connectivity index (χ3n) is 2.75. The predicted molar refractivity (Wildman–Crippen MR) is 90.5 cm³/mol. The Kier molecular flexibility index (Phi) is 5.59. The number of para-hydroxylation sites is 3. The molecule has 0 aliphatic heterocycles. The van der Waals surface area contributed by atoms with Gasteiger partial charge in [0, 0.05) is 19.5 Å². The standard InChI is InChI=1S/C7H6N2S.C7H5NS2.Zn/c10-7-8-5-3-1-2-4-6(5)9-7;9-7-8-5-3-1-2-4-6(5)10-7;/h1-4H,(H2,8,9,10);1-4H,(H,8,9);. The third kappa shape index (κ3) is 3.95. The first-order valence-electron chi connectivity index (χ1n) is 5.97. The maximum Gasteiger partial charge on any atom is 0.175 e. The molecule has 0 unspecified atom stereocenters. The van der Waals surface area contributed by atoms with Crippen LogP contribution in [-0.4, -0.2) is 15.0 Å². The summed E-state index contributed by atoms with van der Waals surface area (Å²) in [5.41, 5.74) is 3.26. The second-order valence-corrected chi connectivity index (χ2v) is 6.26. The van der Waals surface area contributed by atoms with Crippen LogP contribution in [0.4, 0.5) is 0 Å². The Bertz CT molecular complexity index is 812. The van der Waals surface area contributed by atoms with Crippen LogP contribution < -0.4 is 0 Å². The molecule has 0 aliphatic rings. The summed E-state index contributed by atoms with van der Waals surface area (Å²) in [5.74, 6) is 0. The summed E-state index contributed by atoms with van der Waals surface area (Å²) in [7, 11) is 0. The minimum Gasteiger partial charge on any atom is -0.337 e. The van der Waals surface area contributed by atoms with Gasteiger partial charge in [-0.05, 0) is 48.7 Å². The molecule has 2 heterocycles. The molecule has 0 fully saturated rings. The summed E-state index contributed by atoms with van der Waals surface area (Å²) in [6.45, 7) is 0. The van der Waals surface area contributed by atoms with Crippen LogP contribution in [0.25, 0.3) is 21.3 Å². The molecule has 0 radical (unpaired) electrons. The van der Waals surface area contributed by atoms with Gasteiger partial charge in [0.1, 0.15) is 0 Å². The Labute approximate surface area is 148 Å². The van der Waals surface area contributed by atoms with Crippen LogP contribution in [0.5, 0.6) is 0 Å². The largest absolute Gasteiger partial charge is 0.337 e. The number of rotatable bonds is 0. The summed E-state index contributed by atoms with van der Waals surface area (Å²) in [5, 5.41) is 0. The van der Waals surface area contributed by atoms with Gasteiger partial charge < -0.3 is 15.0 Å². The van der Waals surface area contributed by atoms with Crippen LogP contribution >= 0.6 is 35.8 Å². The fraction of sp³-hybridized carbons (Fsp3) is 0. The average molecular weight is 383 g/mol. The molecule has 3 N–H and O–H groups in total. The summed E-state index contributed by atoms with van der Waals surface area (Å²) in [6.07, 6.45) is 0. The molecule has 102 valence electrons. The second kappa shape index (κ2) is 7.23. The van der Waals surface area contributed by atoms with Gasteiger partial charge in [-0.15, -0.1) is 11.3 Å². The smallest absolute Gasteiger partial charge is 0.175 e. The molecule has 2 aromatic heterocycles. The summed E-state index contributed by atoms with van der Waals surface area (Å²) in [6, 6.07) is 16.0. The number of hydrogen-bond donors (Lipinski definition) is 3. The van der Waals surface area contributed by atoms with Gasteiger partial charge in [0.25, 0.3) is 0 Å². The molecule has 2 aromatic carbocycles. The van der Waals surface area contributed by atoms with E-state index in [1.807, 2.05) is 42.5 Å². The Hall–Kier alpha value is -1.14. The number of thiazole rings is 1. The Balaban J connectivity index is 0.000000147. The van der Waals surface area contributed by atoms with Crippen molar-refractivity contribution in [3.8, 4) is 0 Å². The molecular weight excluding hydrogens is 372 g/mol. The molecule has 0 spiro atoms. The molecule has 0 amide bonds. The van der Waals surface area contributed by atoms with E-state index in [0.29, 0.717) is 4.77 Å². The van der Waals surface area contributed by atoms with E-state index in [9.17, 15) is 0 Å². The maximum absolute atomic E-state index is 4.98. The summed E-state index contributed by atoms with van der Waals surface area (Å²) < 4.78 is 2.76. The number of benzene rings is 2. The van der Waals surface area contributed by atoms with Gasteiger partial charge in [-0.1, -0.05) is 24.3 Å². The molecule has 0 aliphatic carbocycles. The van der Waals surface area contributed by atoms with Crippen molar-refractivity contribution in [1.29, 1.82) is 0 Å². The quantitative estimate of drug-likeness (QED) is 0.290. The molecule has 3 nitrogen and oxygen atoms in total. The minimum atomic E-state index is 0. The van der Waals surface area contributed by atoms with E-state index in [1.54, 1.807) is 11.3 Å². The fourth-order valence-corrected chi connectivity index (χ4v) is 3.21. The zero-order chi connectivity index (χ0) is 13.9. The van der Waals surface area contributed by atoms with Gasteiger partial charge in [0.2, 0.25) is 0 Å². The van der Waals surface area contributed by atoms with Gasteiger partial charge >= 0.3 is 0 Å². The molecular formula is C14H11N3S3Zn. The first-order valence-corrected chi connectivity index (χ1v) is 7.60. The Morgan fingerprint density at radius 1 is 0.714 bits per heavy atom. The van der Waals surface area contributed by atoms with Gasteiger partial charge in [0.05, 0.1) is 21.3 Å². The number of aromatic amines is 3. The number of fused-ring (bicyclic) bond motifs is 2. The van der Waals surface area contributed by atoms with Gasteiger partial charge in [-0.2, -0.15) is 0 Å². The molecule has 4 aromatic rings. The second-order valence-electron chi connectivity index (χ2n) is 4.14. The zero-order valence-electron chi connectivity index (χ0n) is 11.1. The van der Waals surface area contributed by atoms with Crippen molar-refractivity contribution >= 4 is 57.0 Å². The topological polar surface area (TPSA) is 47.4 Å². The van der Waals surface area contributed by atoms with Gasteiger partial charge in [0.15, 0.2) is 8.73 Å².